The highest BCUT2D eigenvalue weighted by molar-refractivity contribution is 8.00. The minimum atomic E-state index is 0.139. The Labute approximate surface area is 104 Å². The third kappa shape index (κ3) is 1.83. The molecule has 17 heavy (non-hydrogen) atoms. The molecule has 2 aromatic carbocycles. The Hall–Kier alpha value is -1.74. The fourth-order valence-corrected chi connectivity index (χ4v) is 2.85. The van der Waals surface area contributed by atoms with Crippen molar-refractivity contribution in [2.45, 2.75) is 4.90 Å². The molecule has 0 radical (unpaired) electrons. The van der Waals surface area contributed by atoms with Crippen LogP contribution in [0.5, 0.6) is 0 Å². The van der Waals surface area contributed by atoms with E-state index >= 15 is 0 Å². The fourth-order valence-electron chi connectivity index (χ4n) is 1.96. The highest BCUT2D eigenvalue weighted by Crippen LogP contribution is 2.38. The number of nitrogens with zero attached hydrogens (tertiary/aromatic N) is 1. The summed E-state index contributed by atoms with van der Waals surface area (Å²) in [5, 5.41) is 0. The van der Waals surface area contributed by atoms with Crippen molar-refractivity contribution in [3.05, 3.63) is 54.6 Å². The normalized spacial score (nSPS) is 14.6. The standard InChI is InChI=1S/C14H11NOS/c16-14-10-17-13-9-5-4-8-12(13)15(14)11-6-2-1-3-7-11/h1-9H,10H2. The molecule has 1 heterocycles. The Morgan fingerprint density at radius 2 is 1.65 bits per heavy atom. The van der Waals surface area contributed by atoms with Crippen LogP contribution in [0, 0.1) is 0 Å². The average Bonchev–Trinajstić information content (AvgIpc) is 2.39. The van der Waals surface area contributed by atoms with Gasteiger partial charge in [-0.25, -0.2) is 0 Å². The van der Waals surface area contributed by atoms with E-state index < -0.39 is 0 Å². The summed E-state index contributed by atoms with van der Waals surface area (Å²) >= 11 is 1.60. The smallest absolute Gasteiger partial charge is 0.241 e. The highest BCUT2D eigenvalue weighted by atomic mass is 32.2. The second-order valence-electron chi connectivity index (χ2n) is 3.82. The lowest BCUT2D eigenvalue weighted by Gasteiger charge is -2.28. The first-order valence-corrected chi connectivity index (χ1v) is 6.44. The van der Waals surface area contributed by atoms with Gasteiger partial charge in [0.1, 0.15) is 0 Å². The van der Waals surface area contributed by atoms with E-state index in [-0.39, 0.29) is 5.91 Å². The maximum Gasteiger partial charge on any atom is 0.241 e. The number of para-hydroxylation sites is 2. The maximum atomic E-state index is 12.1. The summed E-state index contributed by atoms with van der Waals surface area (Å²) < 4.78 is 0. The minimum Gasteiger partial charge on any atom is -0.279 e. The first-order valence-electron chi connectivity index (χ1n) is 5.46. The summed E-state index contributed by atoms with van der Waals surface area (Å²) in [6.45, 7) is 0. The number of amides is 1. The van der Waals surface area contributed by atoms with Crippen molar-refractivity contribution in [3.8, 4) is 0 Å². The second kappa shape index (κ2) is 4.26. The Bertz CT molecular complexity index is 553. The topological polar surface area (TPSA) is 20.3 Å². The SMILES string of the molecule is O=C1CSc2ccccc2N1c1ccccc1. The first kappa shape index (κ1) is 10.4. The molecule has 84 valence electrons. The molecule has 3 heteroatoms. The lowest BCUT2D eigenvalue weighted by molar-refractivity contribution is -0.115. The van der Waals surface area contributed by atoms with E-state index in [9.17, 15) is 4.79 Å². The lowest BCUT2D eigenvalue weighted by Crippen LogP contribution is -2.30. The molecule has 3 rings (SSSR count). The van der Waals surface area contributed by atoms with Crippen molar-refractivity contribution < 1.29 is 4.79 Å². The Balaban J connectivity index is 2.13. The zero-order valence-electron chi connectivity index (χ0n) is 9.17. The summed E-state index contributed by atoms with van der Waals surface area (Å²) in [5.74, 6) is 0.645. The van der Waals surface area contributed by atoms with E-state index in [4.69, 9.17) is 0 Å². The van der Waals surface area contributed by atoms with Gasteiger partial charge < -0.3 is 0 Å². The van der Waals surface area contributed by atoms with Gasteiger partial charge in [-0.05, 0) is 24.3 Å². The molecule has 0 aliphatic carbocycles. The largest absolute Gasteiger partial charge is 0.279 e. The summed E-state index contributed by atoms with van der Waals surface area (Å²) in [6.07, 6.45) is 0. The summed E-state index contributed by atoms with van der Waals surface area (Å²) in [5.41, 5.74) is 1.92. The van der Waals surface area contributed by atoms with Gasteiger partial charge in [0.15, 0.2) is 0 Å². The zero-order valence-corrected chi connectivity index (χ0v) is 9.98. The quantitative estimate of drug-likeness (QED) is 0.762. The molecule has 2 nitrogen and oxygen atoms in total. The van der Waals surface area contributed by atoms with Crippen LogP contribution in [0.25, 0.3) is 0 Å². The molecule has 0 unspecified atom stereocenters. The molecular weight excluding hydrogens is 230 g/mol. The van der Waals surface area contributed by atoms with Crippen molar-refractivity contribution in [2.75, 3.05) is 10.7 Å². The van der Waals surface area contributed by atoms with E-state index in [1.165, 1.54) is 0 Å². The fraction of sp³-hybridized carbons (Fsp3) is 0.0714. The molecular formula is C14H11NOS. The van der Waals surface area contributed by atoms with Crippen molar-refractivity contribution >= 4 is 29.0 Å². The molecule has 0 N–H and O–H groups in total. The van der Waals surface area contributed by atoms with Crippen LogP contribution in [0.1, 0.15) is 0 Å². The number of hydrogen-bond donors (Lipinski definition) is 0. The second-order valence-corrected chi connectivity index (χ2v) is 4.84. The van der Waals surface area contributed by atoms with Crippen LogP contribution in [-0.4, -0.2) is 11.7 Å². The predicted octanol–water partition coefficient (Wildman–Crippen LogP) is 3.46. The lowest BCUT2D eigenvalue weighted by atomic mass is 10.2. The first-order chi connectivity index (χ1) is 8.36. The van der Waals surface area contributed by atoms with Crippen molar-refractivity contribution in [1.29, 1.82) is 0 Å². The molecule has 1 aliphatic rings. The van der Waals surface area contributed by atoms with Crippen LogP contribution in [0.4, 0.5) is 11.4 Å². The molecule has 0 atom stereocenters. The van der Waals surface area contributed by atoms with Crippen molar-refractivity contribution in [1.82, 2.24) is 0 Å². The molecule has 2 aromatic rings. The third-order valence-corrected chi connectivity index (χ3v) is 3.77. The monoisotopic (exact) mass is 241 g/mol. The average molecular weight is 241 g/mol. The van der Waals surface area contributed by atoms with Crippen LogP contribution in [-0.2, 0) is 4.79 Å². The van der Waals surface area contributed by atoms with E-state index in [1.807, 2.05) is 48.5 Å². The van der Waals surface area contributed by atoms with Gasteiger partial charge in [-0.1, -0.05) is 30.3 Å². The van der Waals surface area contributed by atoms with Gasteiger partial charge in [0.25, 0.3) is 0 Å². The van der Waals surface area contributed by atoms with Gasteiger partial charge in [0.05, 0.1) is 11.4 Å². The molecule has 0 fully saturated rings. The molecule has 0 saturated carbocycles. The van der Waals surface area contributed by atoms with Crippen LogP contribution in [0.2, 0.25) is 0 Å². The van der Waals surface area contributed by atoms with Gasteiger partial charge in [-0.3, -0.25) is 9.69 Å². The van der Waals surface area contributed by atoms with Crippen LogP contribution in [0.3, 0.4) is 0 Å². The zero-order chi connectivity index (χ0) is 11.7. The molecule has 0 aromatic heterocycles. The van der Waals surface area contributed by atoms with Gasteiger partial charge >= 0.3 is 0 Å². The minimum absolute atomic E-state index is 0.139. The summed E-state index contributed by atoms with van der Waals surface area (Å²) in [6, 6.07) is 17.8. The van der Waals surface area contributed by atoms with Crippen LogP contribution >= 0.6 is 11.8 Å². The Morgan fingerprint density at radius 1 is 0.941 bits per heavy atom. The highest BCUT2D eigenvalue weighted by Gasteiger charge is 2.25. The van der Waals surface area contributed by atoms with Gasteiger partial charge in [-0.2, -0.15) is 0 Å². The van der Waals surface area contributed by atoms with E-state index in [0.29, 0.717) is 5.75 Å². The van der Waals surface area contributed by atoms with Gasteiger partial charge in [0.2, 0.25) is 5.91 Å². The maximum absolute atomic E-state index is 12.1. The van der Waals surface area contributed by atoms with Crippen LogP contribution in [0.15, 0.2) is 59.5 Å². The molecule has 1 aliphatic heterocycles. The Kier molecular flexibility index (Phi) is 2.61. The van der Waals surface area contributed by atoms with Crippen LogP contribution < -0.4 is 4.90 Å². The number of fused-ring (bicyclic) bond motifs is 1. The molecule has 0 spiro atoms. The van der Waals surface area contributed by atoms with Crippen molar-refractivity contribution in [2.24, 2.45) is 0 Å². The number of benzene rings is 2. The van der Waals surface area contributed by atoms with Crippen molar-refractivity contribution in [3.63, 3.8) is 0 Å². The Morgan fingerprint density at radius 3 is 2.47 bits per heavy atom. The van der Waals surface area contributed by atoms with Gasteiger partial charge in [-0.15, -0.1) is 11.8 Å². The molecule has 0 saturated heterocycles. The van der Waals surface area contributed by atoms with Gasteiger partial charge in [0, 0.05) is 10.6 Å². The number of carbonyl (C=O) groups is 1. The number of rotatable bonds is 1. The van der Waals surface area contributed by atoms with E-state index in [0.717, 1.165) is 16.3 Å². The number of hydrogen-bond acceptors (Lipinski definition) is 2. The number of anilines is 2. The predicted molar refractivity (Wildman–Crippen MR) is 70.8 cm³/mol. The molecule has 0 bridgehead atoms. The van der Waals surface area contributed by atoms with E-state index in [2.05, 4.69) is 6.07 Å². The van der Waals surface area contributed by atoms with E-state index in [1.54, 1.807) is 16.7 Å². The third-order valence-electron chi connectivity index (χ3n) is 2.72. The number of carbonyl (C=O) groups excluding carboxylic acids is 1. The number of thioether (sulfide) groups is 1. The summed E-state index contributed by atoms with van der Waals surface area (Å²) in [4.78, 5) is 15.0. The summed E-state index contributed by atoms with van der Waals surface area (Å²) in [7, 11) is 0. The molecule has 1 amide bonds.